The van der Waals surface area contributed by atoms with E-state index in [1.807, 2.05) is 0 Å². The van der Waals surface area contributed by atoms with Crippen molar-refractivity contribution in [2.75, 3.05) is 0 Å². The molecule has 0 radical (unpaired) electrons. The standard InChI is InChI=1S/C17H19Cl/c1-3-15-6-4-5-7-16(15)17(18)12-14-10-8-13(2)9-11-14/h4-11,17H,3,12H2,1-2H3. The van der Waals surface area contributed by atoms with E-state index in [0.717, 1.165) is 12.8 Å². The van der Waals surface area contributed by atoms with Gasteiger partial charge in [0.2, 0.25) is 0 Å². The number of aryl methyl sites for hydroxylation is 2. The van der Waals surface area contributed by atoms with Crippen LogP contribution in [0.2, 0.25) is 0 Å². The van der Waals surface area contributed by atoms with Crippen LogP contribution in [0.25, 0.3) is 0 Å². The van der Waals surface area contributed by atoms with Crippen molar-refractivity contribution in [2.24, 2.45) is 0 Å². The molecular weight excluding hydrogens is 240 g/mol. The molecule has 0 N–H and O–H groups in total. The lowest BCUT2D eigenvalue weighted by Gasteiger charge is -2.14. The Kier molecular flexibility index (Phi) is 4.43. The van der Waals surface area contributed by atoms with Gasteiger partial charge in [-0.25, -0.2) is 0 Å². The van der Waals surface area contributed by atoms with E-state index in [4.69, 9.17) is 11.6 Å². The monoisotopic (exact) mass is 258 g/mol. The van der Waals surface area contributed by atoms with Gasteiger partial charge in [-0.05, 0) is 36.5 Å². The minimum atomic E-state index is 0.0591. The molecule has 2 aromatic carbocycles. The van der Waals surface area contributed by atoms with Crippen molar-refractivity contribution in [1.82, 2.24) is 0 Å². The Hall–Kier alpha value is -1.27. The first-order valence-corrected chi connectivity index (χ1v) is 6.91. The number of benzene rings is 2. The molecule has 94 valence electrons. The number of alkyl halides is 1. The molecule has 0 nitrogen and oxygen atoms in total. The van der Waals surface area contributed by atoms with Gasteiger partial charge in [-0.3, -0.25) is 0 Å². The van der Waals surface area contributed by atoms with Gasteiger partial charge in [0.15, 0.2) is 0 Å². The van der Waals surface area contributed by atoms with Crippen LogP contribution in [0.3, 0.4) is 0 Å². The summed E-state index contributed by atoms with van der Waals surface area (Å²) < 4.78 is 0. The van der Waals surface area contributed by atoms with Gasteiger partial charge in [-0.15, -0.1) is 11.6 Å². The van der Waals surface area contributed by atoms with E-state index < -0.39 is 0 Å². The molecule has 0 aromatic heterocycles. The summed E-state index contributed by atoms with van der Waals surface area (Å²) in [6.45, 7) is 4.28. The normalized spacial score (nSPS) is 12.4. The van der Waals surface area contributed by atoms with Crippen LogP contribution in [-0.4, -0.2) is 0 Å². The Morgan fingerprint density at radius 1 is 1.00 bits per heavy atom. The average molecular weight is 259 g/mol. The smallest absolute Gasteiger partial charge is 0.0628 e. The third-order valence-electron chi connectivity index (χ3n) is 3.31. The van der Waals surface area contributed by atoms with Crippen LogP contribution in [0, 0.1) is 6.92 Å². The van der Waals surface area contributed by atoms with E-state index in [-0.39, 0.29) is 5.38 Å². The zero-order valence-electron chi connectivity index (χ0n) is 11.0. The maximum absolute atomic E-state index is 6.56. The summed E-state index contributed by atoms with van der Waals surface area (Å²) >= 11 is 6.56. The molecule has 2 aromatic rings. The van der Waals surface area contributed by atoms with E-state index >= 15 is 0 Å². The summed E-state index contributed by atoms with van der Waals surface area (Å²) in [5, 5.41) is 0.0591. The first-order valence-electron chi connectivity index (χ1n) is 6.48. The summed E-state index contributed by atoms with van der Waals surface area (Å²) in [6.07, 6.45) is 1.92. The number of rotatable bonds is 4. The van der Waals surface area contributed by atoms with E-state index in [2.05, 4.69) is 62.4 Å². The Balaban J connectivity index is 2.16. The molecule has 1 atom stereocenters. The zero-order chi connectivity index (χ0) is 13.0. The van der Waals surface area contributed by atoms with Crippen LogP contribution in [0.4, 0.5) is 0 Å². The second kappa shape index (κ2) is 6.06. The van der Waals surface area contributed by atoms with Gasteiger partial charge in [0.1, 0.15) is 0 Å². The maximum atomic E-state index is 6.56. The van der Waals surface area contributed by atoms with Crippen LogP contribution >= 0.6 is 11.6 Å². The largest absolute Gasteiger partial charge is 0.117 e. The fourth-order valence-corrected chi connectivity index (χ4v) is 2.59. The predicted molar refractivity (Wildman–Crippen MR) is 79.3 cm³/mol. The molecule has 0 fully saturated rings. The highest BCUT2D eigenvalue weighted by molar-refractivity contribution is 6.21. The van der Waals surface area contributed by atoms with E-state index in [9.17, 15) is 0 Å². The minimum Gasteiger partial charge on any atom is -0.117 e. The molecule has 0 aliphatic carbocycles. The third kappa shape index (κ3) is 3.14. The fourth-order valence-electron chi connectivity index (χ4n) is 2.20. The second-order valence-electron chi connectivity index (χ2n) is 4.71. The lowest BCUT2D eigenvalue weighted by molar-refractivity contribution is 0.895. The van der Waals surface area contributed by atoms with Crippen molar-refractivity contribution >= 4 is 11.6 Å². The lowest BCUT2D eigenvalue weighted by Crippen LogP contribution is -2.00. The summed E-state index contributed by atoms with van der Waals surface area (Å²) in [4.78, 5) is 0. The van der Waals surface area contributed by atoms with Crippen LogP contribution in [0.1, 0.15) is 34.6 Å². The molecular formula is C17H19Cl. The highest BCUT2D eigenvalue weighted by Gasteiger charge is 2.11. The van der Waals surface area contributed by atoms with Gasteiger partial charge in [-0.2, -0.15) is 0 Å². The average Bonchev–Trinajstić information content (AvgIpc) is 2.41. The van der Waals surface area contributed by atoms with E-state index in [0.29, 0.717) is 0 Å². The molecule has 0 aliphatic rings. The van der Waals surface area contributed by atoms with Crippen LogP contribution < -0.4 is 0 Å². The van der Waals surface area contributed by atoms with Crippen molar-refractivity contribution in [3.8, 4) is 0 Å². The Bertz CT molecular complexity index is 499. The first kappa shape index (κ1) is 13.2. The number of hydrogen-bond acceptors (Lipinski definition) is 0. The molecule has 0 bridgehead atoms. The minimum absolute atomic E-state index is 0.0591. The van der Waals surface area contributed by atoms with Gasteiger partial charge < -0.3 is 0 Å². The molecule has 2 rings (SSSR count). The van der Waals surface area contributed by atoms with Gasteiger partial charge in [-0.1, -0.05) is 61.0 Å². The van der Waals surface area contributed by atoms with E-state index in [1.165, 1.54) is 22.3 Å². The fraction of sp³-hybridized carbons (Fsp3) is 0.294. The predicted octanol–water partition coefficient (Wildman–Crippen LogP) is 5.08. The Morgan fingerprint density at radius 3 is 2.33 bits per heavy atom. The van der Waals surface area contributed by atoms with E-state index in [1.54, 1.807) is 0 Å². The van der Waals surface area contributed by atoms with Crippen molar-refractivity contribution in [1.29, 1.82) is 0 Å². The van der Waals surface area contributed by atoms with Gasteiger partial charge in [0, 0.05) is 0 Å². The first-order chi connectivity index (χ1) is 8.70. The SMILES string of the molecule is CCc1ccccc1C(Cl)Cc1ccc(C)cc1. The number of halogens is 1. The maximum Gasteiger partial charge on any atom is 0.0628 e. The molecule has 18 heavy (non-hydrogen) atoms. The Morgan fingerprint density at radius 2 is 1.67 bits per heavy atom. The molecule has 0 saturated heterocycles. The molecule has 1 unspecified atom stereocenters. The van der Waals surface area contributed by atoms with Gasteiger partial charge >= 0.3 is 0 Å². The van der Waals surface area contributed by atoms with Gasteiger partial charge in [0.05, 0.1) is 5.38 Å². The molecule has 1 heteroatoms. The second-order valence-corrected chi connectivity index (χ2v) is 5.24. The quantitative estimate of drug-likeness (QED) is 0.671. The van der Waals surface area contributed by atoms with Crippen molar-refractivity contribution < 1.29 is 0 Å². The molecule has 0 amide bonds. The Labute approximate surface area is 115 Å². The summed E-state index contributed by atoms with van der Waals surface area (Å²) in [7, 11) is 0. The van der Waals surface area contributed by atoms with Crippen LogP contribution in [0.15, 0.2) is 48.5 Å². The highest BCUT2D eigenvalue weighted by atomic mass is 35.5. The summed E-state index contributed by atoms with van der Waals surface area (Å²) in [6, 6.07) is 17.1. The number of hydrogen-bond donors (Lipinski definition) is 0. The third-order valence-corrected chi connectivity index (χ3v) is 3.70. The molecule has 0 spiro atoms. The molecule has 0 saturated carbocycles. The topological polar surface area (TPSA) is 0 Å². The lowest BCUT2D eigenvalue weighted by atomic mass is 9.97. The van der Waals surface area contributed by atoms with Crippen molar-refractivity contribution in [3.05, 3.63) is 70.8 Å². The highest BCUT2D eigenvalue weighted by Crippen LogP contribution is 2.28. The van der Waals surface area contributed by atoms with Crippen LogP contribution in [-0.2, 0) is 12.8 Å². The van der Waals surface area contributed by atoms with Crippen LogP contribution in [0.5, 0.6) is 0 Å². The molecule has 0 heterocycles. The summed E-state index contributed by atoms with van der Waals surface area (Å²) in [5.74, 6) is 0. The zero-order valence-corrected chi connectivity index (χ0v) is 11.7. The van der Waals surface area contributed by atoms with Crippen molar-refractivity contribution in [3.63, 3.8) is 0 Å². The summed E-state index contributed by atoms with van der Waals surface area (Å²) in [5.41, 5.74) is 5.21. The van der Waals surface area contributed by atoms with Crippen molar-refractivity contribution in [2.45, 2.75) is 32.1 Å². The van der Waals surface area contributed by atoms with Gasteiger partial charge in [0.25, 0.3) is 0 Å². The molecule has 0 aliphatic heterocycles.